The molecule has 1 unspecified atom stereocenters. The summed E-state index contributed by atoms with van der Waals surface area (Å²) in [6.45, 7) is 5.86. The Bertz CT molecular complexity index is 658. The highest BCUT2D eigenvalue weighted by Gasteiger charge is 2.39. The number of aliphatic hydroxyl groups excluding tert-OH is 1. The Kier molecular flexibility index (Phi) is 5.14. The van der Waals surface area contributed by atoms with Gasteiger partial charge in [-0.05, 0) is 6.42 Å². The molecule has 1 N–H and O–H groups in total. The largest absolute Gasteiger partial charge is 0.371 e. The van der Waals surface area contributed by atoms with Crippen LogP contribution in [0.3, 0.4) is 0 Å². The maximum Gasteiger partial charge on any atom is 0.329 e. The molecule has 0 radical (unpaired) electrons. The number of anilines is 1. The fourth-order valence-corrected chi connectivity index (χ4v) is 4.61. The Labute approximate surface area is 133 Å². The van der Waals surface area contributed by atoms with Gasteiger partial charge in [-0.2, -0.15) is 0 Å². The molecule has 1 aliphatic rings. The highest BCUT2D eigenvalue weighted by atomic mass is 32.2. The number of nitrogens with zero attached hydrogens (tertiary/aromatic N) is 4. The molecular weight excluding hydrogens is 328 g/mol. The minimum absolute atomic E-state index is 0.00276. The maximum atomic E-state index is 12.2. The summed E-state index contributed by atoms with van der Waals surface area (Å²) in [4.78, 5) is 14.6. The van der Waals surface area contributed by atoms with Crippen molar-refractivity contribution in [2.45, 2.75) is 30.3 Å². The first-order chi connectivity index (χ1) is 10.4. The van der Waals surface area contributed by atoms with Crippen molar-refractivity contribution in [1.82, 2.24) is 15.1 Å². The zero-order valence-corrected chi connectivity index (χ0v) is 13.8. The van der Waals surface area contributed by atoms with Crippen LogP contribution in [0.1, 0.15) is 19.8 Å². The molecule has 0 spiro atoms. The Morgan fingerprint density at radius 2 is 2.23 bits per heavy atom. The second kappa shape index (κ2) is 6.71. The number of hydrogen-bond donors (Lipinski definition) is 1. The van der Waals surface area contributed by atoms with E-state index in [4.69, 9.17) is 0 Å². The van der Waals surface area contributed by atoms with E-state index in [-0.39, 0.29) is 21.8 Å². The van der Waals surface area contributed by atoms with Crippen molar-refractivity contribution in [3.8, 4) is 0 Å². The molecule has 1 aromatic heterocycles. The number of aromatic nitrogens is 2. The summed E-state index contributed by atoms with van der Waals surface area (Å²) in [6.07, 6.45) is 1.77. The van der Waals surface area contributed by atoms with E-state index >= 15 is 0 Å². The lowest BCUT2D eigenvalue weighted by atomic mass is 10.4. The van der Waals surface area contributed by atoms with Gasteiger partial charge < -0.3 is 10.0 Å². The number of carbonyl (C=O) groups excluding carboxylic acids is 1. The lowest BCUT2D eigenvalue weighted by molar-refractivity contribution is 0.180. The van der Waals surface area contributed by atoms with Crippen LogP contribution in [-0.2, 0) is 9.84 Å². The van der Waals surface area contributed by atoms with Gasteiger partial charge in [-0.1, -0.05) is 30.8 Å². The molecule has 2 heterocycles. The number of hydrogen-bond acceptors (Lipinski definition) is 7. The van der Waals surface area contributed by atoms with Crippen LogP contribution in [0.15, 0.2) is 17.0 Å². The highest BCUT2D eigenvalue weighted by molar-refractivity contribution is 7.93. The van der Waals surface area contributed by atoms with Crippen molar-refractivity contribution < 1.29 is 18.3 Å². The standard InChI is InChI=1S/C12H18N4O4S2/c1-3-5-7-22(19,20)11-14-13-10(21-11)16-9(17)8-15(6-4-2)12(16)18/h4,9,17H,2-3,5-8H2,1H3. The third-order valence-corrected chi connectivity index (χ3v) is 6.31. The van der Waals surface area contributed by atoms with Gasteiger partial charge in [0.05, 0.1) is 12.3 Å². The van der Waals surface area contributed by atoms with E-state index in [0.29, 0.717) is 13.0 Å². The van der Waals surface area contributed by atoms with Crippen molar-refractivity contribution in [2.75, 3.05) is 23.7 Å². The predicted molar refractivity (Wildman–Crippen MR) is 82.5 cm³/mol. The molecule has 1 aliphatic heterocycles. The Morgan fingerprint density at radius 1 is 1.50 bits per heavy atom. The molecule has 0 bridgehead atoms. The topological polar surface area (TPSA) is 104 Å². The number of β-amino-alcohol motifs (C(OH)–C–C–N with tert-alkyl or cyclic N) is 1. The van der Waals surface area contributed by atoms with Crippen molar-refractivity contribution in [3.63, 3.8) is 0 Å². The average molecular weight is 346 g/mol. The van der Waals surface area contributed by atoms with Crippen LogP contribution in [0.5, 0.6) is 0 Å². The van der Waals surface area contributed by atoms with Gasteiger partial charge in [0.2, 0.25) is 19.3 Å². The van der Waals surface area contributed by atoms with Crippen molar-refractivity contribution >= 4 is 32.3 Å². The zero-order valence-electron chi connectivity index (χ0n) is 12.2. The van der Waals surface area contributed by atoms with Crippen LogP contribution >= 0.6 is 11.3 Å². The normalized spacial score (nSPS) is 19.0. The summed E-state index contributed by atoms with van der Waals surface area (Å²) in [7, 11) is -3.49. The van der Waals surface area contributed by atoms with Crippen molar-refractivity contribution in [1.29, 1.82) is 0 Å². The summed E-state index contributed by atoms with van der Waals surface area (Å²) in [5, 5.41) is 17.5. The van der Waals surface area contributed by atoms with Crippen LogP contribution < -0.4 is 4.90 Å². The maximum absolute atomic E-state index is 12.2. The molecule has 10 heteroatoms. The van der Waals surface area contributed by atoms with E-state index in [1.807, 2.05) is 6.92 Å². The van der Waals surface area contributed by atoms with Gasteiger partial charge in [0.15, 0.2) is 6.23 Å². The van der Waals surface area contributed by atoms with Crippen LogP contribution in [0.2, 0.25) is 0 Å². The molecule has 22 heavy (non-hydrogen) atoms. The monoisotopic (exact) mass is 346 g/mol. The summed E-state index contributed by atoms with van der Waals surface area (Å²) in [5.74, 6) is -0.00276. The minimum atomic E-state index is -3.49. The van der Waals surface area contributed by atoms with Crippen LogP contribution in [0, 0.1) is 0 Å². The van der Waals surface area contributed by atoms with Crippen LogP contribution in [0.25, 0.3) is 0 Å². The molecule has 8 nitrogen and oxygen atoms in total. The van der Waals surface area contributed by atoms with Gasteiger partial charge in [0.1, 0.15) is 0 Å². The summed E-state index contributed by atoms with van der Waals surface area (Å²) < 4.78 is 24.0. The first kappa shape index (κ1) is 16.8. The number of aliphatic hydroxyl groups is 1. The van der Waals surface area contributed by atoms with E-state index in [2.05, 4.69) is 16.8 Å². The Morgan fingerprint density at radius 3 is 2.86 bits per heavy atom. The zero-order chi connectivity index (χ0) is 16.3. The van der Waals surface area contributed by atoms with Gasteiger partial charge in [0, 0.05) is 6.54 Å². The number of sulfone groups is 1. The van der Waals surface area contributed by atoms with Gasteiger partial charge in [-0.15, -0.1) is 16.8 Å². The highest BCUT2D eigenvalue weighted by Crippen LogP contribution is 2.29. The fourth-order valence-electron chi connectivity index (χ4n) is 2.00. The van der Waals surface area contributed by atoms with E-state index in [0.717, 1.165) is 22.7 Å². The lowest BCUT2D eigenvalue weighted by Crippen LogP contribution is -2.34. The average Bonchev–Trinajstić information content (AvgIpc) is 3.04. The lowest BCUT2D eigenvalue weighted by Gasteiger charge is -2.15. The molecule has 122 valence electrons. The third kappa shape index (κ3) is 3.28. The van der Waals surface area contributed by atoms with E-state index in [9.17, 15) is 18.3 Å². The molecule has 0 saturated carbocycles. The van der Waals surface area contributed by atoms with Gasteiger partial charge in [0.25, 0.3) is 0 Å². The van der Waals surface area contributed by atoms with E-state index in [1.54, 1.807) is 6.08 Å². The quantitative estimate of drug-likeness (QED) is 0.580. The SMILES string of the molecule is C=CCN1CC(O)N(c2nnc(S(=O)(=O)CCCC)s2)C1=O. The third-order valence-electron chi connectivity index (χ3n) is 3.14. The van der Waals surface area contributed by atoms with Crippen LogP contribution in [0.4, 0.5) is 9.93 Å². The molecular formula is C12H18N4O4S2. The Balaban J connectivity index is 2.21. The van der Waals surface area contributed by atoms with Crippen LogP contribution in [-0.4, -0.2) is 59.7 Å². The molecule has 1 fully saturated rings. The van der Waals surface area contributed by atoms with E-state index < -0.39 is 22.1 Å². The van der Waals surface area contributed by atoms with Crippen molar-refractivity contribution in [2.24, 2.45) is 0 Å². The number of urea groups is 1. The summed E-state index contributed by atoms with van der Waals surface area (Å²) in [6, 6.07) is -0.443. The summed E-state index contributed by atoms with van der Waals surface area (Å²) >= 11 is 0.798. The van der Waals surface area contributed by atoms with E-state index in [1.165, 1.54) is 4.90 Å². The van der Waals surface area contributed by atoms with Gasteiger partial charge in [-0.25, -0.2) is 18.1 Å². The fraction of sp³-hybridized carbons (Fsp3) is 0.583. The summed E-state index contributed by atoms with van der Waals surface area (Å²) in [5.41, 5.74) is 0. The van der Waals surface area contributed by atoms with Gasteiger partial charge in [-0.3, -0.25) is 0 Å². The molecule has 2 amide bonds. The number of rotatable bonds is 7. The first-order valence-electron chi connectivity index (χ1n) is 6.84. The molecule has 2 rings (SSSR count). The number of amides is 2. The Hall–Kier alpha value is -1.52. The second-order valence-electron chi connectivity index (χ2n) is 4.85. The predicted octanol–water partition coefficient (Wildman–Crippen LogP) is 0.858. The molecule has 1 aromatic rings. The van der Waals surface area contributed by atoms with Gasteiger partial charge >= 0.3 is 6.03 Å². The van der Waals surface area contributed by atoms with Crippen molar-refractivity contribution in [3.05, 3.63) is 12.7 Å². The molecule has 1 saturated heterocycles. The molecule has 0 aromatic carbocycles. The number of unbranched alkanes of at least 4 members (excludes halogenated alkanes) is 1. The molecule has 0 aliphatic carbocycles. The number of carbonyl (C=O) groups is 1. The second-order valence-corrected chi connectivity index (χ2v) is 8.09. The molecule has 1 atom stereocenters. The first-order valence-corrected chi connectivity index (χ1v) is 9.31. The smallest absolute Gasteiger partial charge is 0.329 e. The minimum Gasteiger partial charge on any atom is -0.371 e.